The third-order valence-corrected chi connectivity index (χ3v) is 5.37. The molecule has 0 atom stereocenters. The number of hydrogen-bond donors (Lipinski definition) is 2. The second-order valence-electron chi connectivity index (χ2n) is 7.32. The number of H-pyrrole nitrogens is 1. The molecule has 0 radical (unpaired) electrons. The van der Waals surface area contributed by atoms with Crippen LogP contribution in [0.25, 0.3) is 0 Å². The van der Waals surface area contributed by atoms with Crippen LogP contribution in [0.1, 0.15) is 46.2 Å². The van der Waals surface area contributed by atoms with Crippen LogP contribution in [0.2, 0.25) is 0 Å². The molecule has 1 fully saturated rings. The third-order valence-electron chi connectivity index (χ3n) is 5.37. The molecule has 2 aliphatic rings. The van der Waals surface area contributed by atoms with Crippen LogP contribution in [0.4, 0.5) is 11.5 Å². The molecule has 7 heteroatoms. The Morgan fingerprint density at radius 2 is 1.96 bits per heavy atom. The van der Waals surface area contributed by atoms with Gasteiger partial charge in [0.2, 0.25) is 0 Å². The molecule has 0 saturated carbocycles. The van der Waals surface area contributed by atoms with E-state index < -0.39 is 0 Å². The van der Waals surface area contributed by atoms with Gasteiger partial charge >= 0.3 is 0 Å². The van der Waals surface area contributed by atoms with Crippen LogP contribution in [0.15, 0.2) is 24.3 Å². The number of ether oxygens (including phenoxy) is 1. The van der Waals surface area contributed by atoms with Crippen LogP contribution in [0, 0.1) is 0 Å². The number of nitrogens with zero attached hydrogens (tertiary/aromatic N) is 2. The van der Waals surface area contributed by atoms with Crippen molar-refractivity contribution in [2.45, 2.75) is 26.3 Å². The number of nitrogens with one attached hydrogen (secondary N) is 2. The minimum absolute atomic E-state index is 0.0262. The molecule has 4 rings (SSSR count). The van der Waals surface area contributed by atoms with Gasteiger partial charge in [-0.1, -0.05) is 0 Å². The second-order valence-corrected chi connectivity index (χ2v) is 7.32. The number of fused-ring (bicyclic) bond motifs is 1. The van der Waals surface area contributed by atoms with Gasteiger partial charge < -0.3 is 24.8 Å². The quantitative estimate of drug-likeness (QED) is 0.778. The topological polar surface area (TPSA) is 77.7 Å². The molecule has 1 saturated heterocycles. The third kappa shape index (κ3) is 3.38. The van der Waals surface area contributed by atoms with Crippen molar-refractivity contribution in [2.75, 3.05) is 38.2 Å². The van der Waals surface area contributed by atoms with Crippen LogP contribution in [-0.2, 0) is 6.54 Å². The van der Waals surface area contributed by atoms with Crippen molar-refractivity contribution in [1.82, 2.24) is 15.2 Å². The Morgan fingerprint density at radius 1 is 1.18 bits per heavy atom. The first kappa shape index (κ1) is 18.6. The van der Waals surface area contributed by atoms with Crippen molar-refractivity contribution in [3.8, 4) is 5.75 Å². The highest BCUT2D eigenvalue weighted by Crippen LogP contribution is 2.37. The number of aromatic amines is 1. The summed E-state index contributed by atoms with van der Waals surface area (Å²) in [5.41, 5.74) is 3.22. The Labute approximate surface area is 164 Å². The van der Waals surface area contributed by atoms with Crippen LogP contribution < -0.4 is 15.0 Å². The van der Waals surface area contributed by atoms with E-state index in [4.69, 9.17) is 4.74 Å². The number of carbonyl (C=O) groups is 2. The zero-order valence-corrected chi connectivity index (χ0v) is 16.4. The molecular formula is C21H26N4O3. The van der Waals surface area contributed by atoms with Gasteiger partial charge in [-0.3, -0.25) is 9.59 Å². The first-order valence-electron chi connectivity index (χ1n) is 9.79. The van der Waals surface area contributed by atoms with Gasteiger partial charge in [-0.05, 0) is 50.6 Å². The summed E-state index contributed by atoms with van der Waals surface area (Å²) in [6.07, 6.45) is 2.12. The van der Waals surface area contributed by atoms with E-state index in [2.05, 4.69) is 15.2 Å². The zero-order valence-electron chi connectivity index (χ0n) is 16.4. The highest BCUT2D eigenvalue weighted by atomic mass is 16.5. The van der Waals surface area contributed by atoms with Gasteiger partial charge in [-0.15, -0.1) is 0 Å². The van der Waals surface area contributed by atoms with Crippen LogP contribution in [0.3, 0.4) is 0 Å². The summed E-state index contributed by atoms with van der Waals surface area (Å²) in [5, 5.41) is 3.13. The number of benzene rings is 1. The molecule has 3 heterocycles. The number of hydrogen-bond acceptors (Lipinski definition) is 5. The van der Waals surface area contributed by atoms with E-state index in [1.54, 1.807) is 13.0 Å². The van der Waals surface area contributed by atoms with Gasteiger partial charge in [0.05, 0.1) is 6.54 Å². The highest BCUT2D eigenvalue weighted by Gasteiger charge is 2.27. The van der Waals surface area contributed by atoms with E-state index in [0.29, 0.717) is 31.1 Å². The van der Waals surface area contributed by atoms with E-state index in [1.807, 2.05) is 30.1 Å². The number of Topliss-reactive ketones (excluding diaryl/α,β-unsaturated/α-hetero) is 1. The number of aromatic nitrogens is 1. The van der Waals surface area contributed by atoms with Crippen LogP contribution in [0.5, 0.6) is 5.75 Å². The molecular weight excluding hydrogens is 356 g/mol. The van der Waals surface area contributed by atoms with E-state index in [9.17, 15) is 9.59 Å². The van der Waals surface area contributed by atoms with Gasteiger partial charge in [0.25, 0.3) is 5.91 Å². The number of carbonyl (C=O) groups excluding carboxylic acids is 2. The van der Waals surface area contributed by atoms with E-state index in [1.165, 1.54) is 0 Å². The average molecular weight is 382 g/mol. The Bertz CT molecular complexity index is 899. The minimum atomic E-state index is 0.0262. The SMILES string of the molecule is CNCc1cc(N2CCOc3cc(C(=O)N4CCCC4)[nH]c32)ccc1C(C)=O. The number of rotatable bonds is 5. The maximum absolute atomic E-state index is 12.7. The standard InChI is InChI=1S/C21H26N4O3/c1-14(26)17-6-5-16(11-15(17)13-22-2)25-9-10-28-19-12-18(23-20(19)25)21(27)24-7-3-4-8-24/h5-6,11-12,22-23H,3-4,7-10,13H2,1-2H3. The molecule has 2 aromatic rings. The summed E-state index contributed by atoms with van der Waals surface area (Å²) < 4.78 is 5.80. The van der Waals surface area contributed by atoms with Gasteiger partial charge in [0.15, 0.2) is 17.4 Å². The number of anilines is 2. The summed E-state index contributed by atoms with van der Waals surface area (Å²) in [4.78, 5) is 31.9. The lowest BCUT2D eigenvalue weighted by Gasteiger charge is -2.29. The van der Waals surface area contributed by atoms with Gasteiger partial charge in [-0.2, -0.15) is 0 Å². The second kappa shape index (κ2) is 7.67. The predicted molar refractivity (Wildman–Crippen MR) is 108 cm³/mol. The lowest BCUT2D eigenvalue weighted by atomic mass is 10.0. The fraction of sp³-hybridized carbons (Fsp3) is 0.429. The van der Waals surface area contributed by atoms with Crippen molar-refractivity contribution >= 4 is 23.2 Å². The first-order chi connectivity index (χ1) is 13.6. The average Bonchev–Trinajstić information content (AvgIpc) is 3.37. The Hall–Kier alpha value is -2.80. The van der Waals surface area contributed by atoms with E-state index >= 15 is 0 Å². The Kier molecular flexibility index (Phi) is 5.09. The zero-order chi connectivity index (χ0) is 19.7. The minimum Gasteiger partial charge on any atom is -0.488 e. The largest absolute Gasteiger partial charge is 0.488 e. The Morgan fingerprint density at radius 3 is 2.68 bits per heavy atom. The van der Waals surface area contributed by atoms with Gasteiger partial charge in [0.1, 0.15) is 12.3 Å². The van der Waals surface area contributed by atoms with Crippen molar-refractivity contribution < 1.29 is 14.3 Å². The molecule has 2 N–H and O–H groups in total. The maximum Gasteiger partial charge on any atom is 0.270 e. The van der Waals surface area contributed by atoms with Crippen molar-refractivity contribution in [2.24, 2.45) is 0 Å². The molecule has 7 nitrogen and oxygen atoms in total. The molecule has 0 spiro atoms. The Balaban J connectivity index is 1.67. The summed E-state index contributed by atoms with van der Waals surface area (Å²) in [6.45, 7) is 5.03. The lowest BCUT2D eigenvalue weighted by molar-refractivity contribution is 0.0787. The number of likely N-dealkylation sites (tertiary alicyclic amines) is 1. The van der Waals surface area contributed by atoms with Crippen molar-refractivity contribution in [1.29, 1.82) is 0 Å². The summed E-state index contributed by atoms with van der Waals surface area (Å²) in [6, 6.07) is 7.66. The number of ketones is 1. The fourth-order valence-corrected chi connectivity index (χ4v) is 3.99. The van der Waals surface area contributed by atoms with E-state index in [0.717, 1.165) is 48.6 Å². The van der Waals surface area contributed by atoms with Crippen molar-refractivity contribution in [3.63, 3.8) is 0 Å². The summed E-state index contributed by atoms with van der Waals surface area (Å²) in [7, 11) is 1.87. The molecule has 0 bridgehead atoms. The van der Waals surface area contributed by atoms with E-state index in [-0.39, 0.29) is 11.7 Å². The summed E-state index contributed by atoms with van der Waals surface area (Å²) in [5.74, 6) is 1.57. The molecule has 0 unspecified atom stereocenters. The summed E-state index contributed by atoms with van der Waals surface area (Å²) >= 11 is 0. The normalized spacial score (nSPS) is 16.1. The maximum atomic E-state index is 12.7. The smallest absolute Gasteiger partial charge is 0.270 e. The molecule has 0 aliphatic carbocycles. The molecule has 1 aromatic heterocycles. The molecule has 2 aliphatic heterocycles. The lowest BCUT2D eigenvalue weighted by Crippen LogP contribution is -2.29. The molecule has 1 aromatic carbocycles. The molecule has 28 heavy (non-hydrogen) atoms. The first-order valence-corrected chi connectivity index (χ1v) is 9.79. The highest BCUT2D eigenvalue weighted by molar-refractivity contribution is 5.96. The predicted octanol–water partition coefficient (Wildman–Crippen LogP) is 2.70. The fourth-order valence-electron chi connectivity index (χ4n) is 3.99. The van der Waals surface area contributed by atoms with Crippen molar-refractivity contribution in [3.05, 3.63) is 41.1 Å². The van der Waals surface area contributed by atoms with Gasteiger partial charge in [0, 0.05) is 37.0 Å². The molecule has 1 amide bonds. The number of amides is 1. The monoisotopic (exact) mass is 382 g/mol. The van der Waals surface area contributed by atoms with Crippen LogP contribution >= 0.6 is 0 Å². The van der Waals surface area contributed by atoms with Crippen LogP contribution in [-0.4, -0.2) is 54.9 Å². The molecule has 148 valence electrons. The van der Waals surface area contributed by atoms with Gasteiger partial charge in [-0.25, -0.2) is 0 Å².